The lowest BCUT2D eigenvalue weighted by molar-refractivity contribution is -0.134. The van der Waals surface area contributed by atoms with Gasteiger partial charge in [-0.2, -0.15) is 0 Å². The van der Waals surface area contributed by atoms with Gasteiger partial charge < -0.3 is 19.7 Å². The summed E-state index contributed by atoms with van der Waals surface area (Å²) >= 11 is 5.59. The van der Waals surface area contributed by atoms with Crippen molar-refractivity contribution in [2.45, 2.75) is 31.7 Å². The normalized spacial score (nSPS) is 14.9. The number of nitrogens with one attached hydrogen (secondary N) is 1. The van der Waals surface area contributed by atoms with E-state index in [9.17, 15) is 9.59 Å². The lowest BCUT2D eigenvalue weighted by Crippen LogP contribution is -2.47. The summed E-state index contributed by atoms with van der Waals surface area (Å²) in [6, 6.07) is 7.37. The van der Waals surface area contributed by atoms with E-state index in [1.165, 1.54) is 0 Å². The number of alkyl halides is 1. The van der Waals surface area contributed by atoms with E-state index in [4.69, 9.17) is 21.1 Å². The Kier molecular flexibility index (Phi) is 7.85. The molecule has 0 bridgehead atoms. The first-order valence-corrected chi connectivity index (χ1v) is 9.06. The minimum absolute atomic E-state index is 0.0207. The second-order valence-electron chi connectivity index (χ2n) is 5.95. The van der Waals surface area contributed by atoms with Crippen LogP contribution in [0.4, 0.5) is 0 Å². The maximum Gasteiger partial charge on any atom is 0.260 e. The summed E-state index contributed by atoms with van der Waals surface area (Å²) in [6.07, 6.45) is 2.65. The number of likely N-dealkylation sites (tertiary alicyclic amines) is 1. The summed E-state index contributed by atoms with van der Waals surface area (Å²) in [5.74, 6) is 1.63. The third-order valence-electron chi connectivity index (χ3n) is 4.17. The lowest BCUT2D eigenvalue weighted by atomic mass is 10.0. The van der Waals surface area contributed by atoms with Gasteiger partial charge >= 0.3 is 0 Å². The molecule has 1 aliphatic rings. The SMILES string of the molecule is COc1ccccc1OCC(=O)N1CCC(NC(=O)CCCCl)CC1. The molecule has 1 fully saturated rings. The molecule has 1 aromatic carbocycles. The number of carbonyl (C=O) groups is 2. The highest BCUT2D eigenvalue weighted by Gasteiger charge is 2.24. The molecule has 6 nitrogen and oxygen atoms in total. The van der Waals surface area contributed by atoms with E-state index in [2.05, 4.69) is 5.32 Å². The van der Waals surface area contributed by atoms with Crippen LogP contribution in [0.15, 0.2) is 24.3 Å². The average molecular weight is 369 g/mol. The van der Waals surface area contributed by atoms with E-state index >= 15 is 0 Å². The Balaban J connectivity index is 1.73. The molecule has 1 N–H and O–H groups in total. The number of halogens is 1. The molecule has 7 heteroatoms. The zero-order valence-electron chi connectivity index (χ0n) is 14.5. The number of hydrogen-bond donors (Lipinski definition) is 1. The molecule has 0 saturated carbocycles. The van der Waals surface area contributed by atoms with Crippen LogP contribution in [0.1, 0.15) is 25.7 Å². The molecule has 2 amide bonds. The van der Waals surface area contributed by atoms with Gasteiger partial charge in [0.25, 0.3) is 5.91 Å². The number of nitrogens with zero attached hydrogens (tertiary/aromatic N) is 1. The second-order valence-corrected chi connectivity index (χ2v) is 6.33. The van der Waals surface area contributed by atoms with E-state index in [-0.39, 0.29) is 24.5 Å². The van der Waals surface area contributed by atoms with Crippen LogP contribution >= 0.6 is 11.6 Å². The van der Waals surface area contributed by atoms with Crippen molar-refractivity contribution in [1.29, 1.82) is 0 Å². The summed E-state index contributed by atoms with van der Waals surface area (Å²) < 4.78 is 10.8. The number of piperidine rings is 1. The van der Waals surface area contributed by atoms with Gasteiger partial charge in [0, 0.05) is 31.4 Å². The quantitative estimate of drug-likeness (QED) is 0.714. The number of para-hydroxylation sites is 2. The molecule has 25 heavy (non-hydrogen) atoms. The number of amides is 2. The largest absolute Gasteiger partial charge is 0.493 e. The maximum atomic E-state index is 12.3. The van der Waals surface area contributed by atoms with E-state index in [1.54, 1.807) is 24.1 Å². The molecule has 2 rings (SSSR count). The van der Waals surface area contributed by atoms with Crippen LogP contribution in [0.3, 0.4) is 0 Å². The van der Waals surface area contributed by atoms with Crippen LogP contribution < -0.4 is 14.8 Å². The zero-order valence-corrected chi connectivity index (χ0v) is 15.3. The Morgan fingerprint density at radius 3 is 2.56 bits per heavy atom. The average Bonchev–Trinajstić information content (AvgIpc) is 2.65. The van der Waals surface area contributed by atoms with Crippen LogP contribution in [0.5, 0.6) is 11.5 Å². The number of carbonyl (C=O) groups excluding carboxylic acids is 2. The fraction of sp³-hybridized carbons (Fsp3) is 0.556. The molecule has 1 heterocycles. The molecule has 0 spiro atoms. The van der Waals surface area contributed by atoms with E-state index in [0.29, 0.717) is 43.3 Å². The highest BCUT2D eigenvalue weighted by Crippen LogP contribution is 2.25. The standard InChI is InChI=1S/C18H25ClN2O4/c1-24-15-5-2-3-6-16(15)25-13-18(23)21-11-8-14(9-12-21)20-17(22)7-4-10-19/h2-3,5-6,14H,4,7-13H2,1H3,(H,20,22). The van der Waals surface area contributed by atoms with Gasteiger partial charge in [-0.1, -0.05) is 12.1 Å². The topological polar surface area (TPSA) is 67.9 Å². The molecule has 0 unspecified atom stereocenters. The molecule has 0 aromatic heterocycles. The summed E-state index contributed by atoms with van der Waals surface area (Å²) in [5, 5.41) is 3.00. The number of rotatable bonds is 8. The second kappa shape index (κ2) is 10.1. The van der Waals surface area contributed by atoms with Crippen LogP contribution in [0.25, 0.3) is 0 Å². The van der Waals surface area contributed by atoms with Crippen molar-refractivity contribution in [3.05, 3.63) is 24.3 Å². The smallest absolute Gasteiger partial charge is 0.260 e. The molecule has 1 aromatic rings. The molecule has 0 aliphatic carbocycles. The van der Waals surface area contributed by atoms with Gasteiger partial charge in [-0.25, -0.2) is 0 Å². The van der Waals surface area contributed by atoms with Crippen molar-refractivity contribution >= 4 is 23.4 Å². The first kappa shape index (κ1) is 19.4. The zero-order chi connectivity index (χ0) is 18.1. The molecule has 1 aliphatic heterocycles. The van der Waals surface area contributed by atoms with Crippen LogP contribution in [0.2, 0.25) is 0 Å². The van der Waals surface area contributed by atoms with Crippen molar-refractivity contribution in [3.63, 3.8) is 0 Å². The van der Waals surface area contributed by atoms with Crippen LogP contribution in [-0.4, -0.2) is 55.4 Å². The predicted octanol–water partition coefficient (Wildman–Crippen LogP) is 2.20. The Morgan fingerprint density at radius 2 is 1.92 bits per heavy atom. The fourth-order valence-electron chi connectivity index (χ4n) is 2.77. The highest BCUT2D eigenvalue weighted by atomic mass is 35.5. The predicted molar refractivity (Wildman–Crippen MR) is 96.2 cm³/mol. The Labute approximate surface area is 153 Å². The minimum Gasteiger partial charge on any atom is -0.493 e. The Hall–Kier alpha value is -1.95. The summed E-state index contributed by atoms with van der Waals surface area (Å²) in [4.78, 5) is 25.8. The van der Waals surface area contributed by atoms with Gasteiger partial charge in [-0.05, 0) is 31.4 Å². The third-order valence-corrected chi connectivity index (χ3v) is 4.44. The van der Waals surface area contributed by atoms with Gasteiger partial charge in [-0.15, -0.1) is 11.6 Å². The van der Waals surface area contributed by atoms with Crippen molar-refractivity contribution in [2.75, 3.05) is 32.7 Å². The van der Waals surface area contributed by atoms with Crippen molar-refractivity contribution in [1.82, 2.24) is 10.2 Å². The molecule has 0 atom stereocenters. The van der Waals surface area contributed by atoms with Gasteiger partial charge in [-0.3, -0.25) is 9.59 Å². The highest BCUT2D eigenvalue weighted by molar-refractivity contribution is 6.17. The van der Waals surface area contributed by atoms with Crippen molar-refractivity contribution in [2.24, 2.45) is 0 Å². The van der Waals surface area contributed by atoms with Crippen LogP contribution in [0, 0.1) is 0 Å². The monoisotopic (exact) mass is 368 g/mol. The number of methoxy groups -OCH3 is 1. The third kappa shape index (κ3) is 6.12. The Morgan fingerprint density at radius 1 is 1.24 bits per heavy atom. The van der Waals surface area contributed by atoms with Crippen LogP contribution in [-0.2, 0) is 9.59 Å². The van der Waals surface area contributed by atoms with Crippen molar-refractivity contribution < 1.29 is 19.1 Å². The molecular formula is C18H25ClN2O4. The molecule has 138 valence electrons. The summed E-state index contributed by atoms with van der Waals surface area (Å²) in [6.45, 7) is 1.22. The summed E-state index contributed by atoms with van der Waals surface area (Å²) in [5.41, 5.74) is 0. The molecular weight excluding hydrogens is 344 g/mol. The van der Waals surface area contributed by atoms with Gasteiger partial charge in [0.15, 0.2) is 18.1 Å². The first-order valence-electron chi connectivity index (χ1n) is 8.53. The maximum absolute atomic E-state index is 12.3. The Bertz CT molecular complexity index is 574. The molecule has 0 radical (unpaired) electrons. The molecule has 1 saturated heterocycles. The van der Waals surface area contributed by atoms with Gasteiger partial charge in [0.2, 0.25) is 5.91 Å². The number of benzene rings is 1. The van der Waals surface area contributed by atoms with Crippen molar-refractivity contribution in [3.8, 4) is 11.5 Å². The van der Waals surface area contributed by atoms with Gasteiger partial charge in [0.05, 0.1) is 7.11 Å². The first-order chi connectivity index (χ1) is 12.1. The van der Waals surface area contributed by atoms with Gasteiger partial charge in [0.1, 0.15) is 0 Å². The summed E-state index contributed by atoms with van der Waals surface area (Å²) in [7, 11) is 1.57. The van der Waals surface area contributed by atoms with E-state index in [0.717, 1.165) is 12.8 Å². The van der Waals surface area contributed by atoms with E-state index in [1.807, 2.05) is 12.1 Å². The number of ether oxygens (including phenoxy) is 2. The number of hydrogen-bond acceptors (Lipinski definition) is 4. The lowest BCUT2D eigenvalue weighted by Gasteiger charge is -2.32. The van der Waals surface area contributed by atoms with E-state index < -0.39 is 0 Å². The fourth-order valence-corrected chi connectivity index (χ4v) is 2.90. The minimum atomic E-state index is -0.0576.